The Labute approximate surface area is 168 Å². The average molecular weight is 410 g/mol. The molecule has 8 heteroatoms. The van der Waals surface area contributed by atoms with Crippen molar-refractivity contribution in [3.8, 4) is 0 Å². The molecule has 2 saturated heterocycles. The molecular formula is C20H31N3O4S. The maximum Gasteiger partial charge on any atom is 0.227 e. The van der Waals surface area contributed by atoms with Gasteiger partial charge in [0.1, 0.15) is 0 Å². The Kier molecular flexibility index (Phi) is 7.45. The Morgan fingerprint density at radius 1 is 1.25 bits per heavy atom. The molecule has 2 aliphatic heterocycles. The Morgan fingerprint density at radius 2 is 1.96 bits per heavy atom. The molecule has 156 valence electrons. The summed E-state index contributed by atoms with van der Waals surface area (Å²) in [4.78, 5) is 14.6. The molecule has 1 aromatic carbocycles. The Hall–Kier alpha value is -1.48. The van der Waals surface area contributed by atoms with Crippen LogP contribution in [0.4, 0.5) is 0 Å². The summed E-state index contributed by atoms with van der Waals surface area (Å²) in [5.74, 6) is -0.0887. The smallest absolute Gasteiger partial charge is 0.227 e. The van der Waals surface area contributed by atoms with Crippen LogP contribution in [0.2, 0.25) is 0 Å². The lowest BCUT2D eigenvalue weighted by Gasteiger charge is -2.29. The van der Waals surface area contributed by atoms with E-state index < -0.39 is 10.0 Å². The van der Waals surface area contributed by atoms with Crippen LogP contribution >= 0.6 is 0 Å². The summed E-state index contributed by atoms with van der Waals surface area (Å²) in [6.07, 6.45) is 2.19. The van der Waals surface area contributed by atoms with Gasteiger partial charge in [-0.3, -0.25) is 4.79 Å². The van der Waals surface area contributed by atoms with Crippen LogP contribution in [0.3, 0.4) is 0 Å². The highest BCUT2D eigenvalue weighted by atomic mass is 32.2. The van der Waals surface area contributed by atoms with Crippen molar-refractivity contribution in [1.82, 2.24) is 14.5 Å². The lowest BCUT2D eigenvalue weighted by molar-refractivity contribution is -0.131. The van der Waals surface area contributed by atoms with Gasteiger partial charge in [-0.05, 0) is 25.3 Å². The molecule has 1 N–H and O–H groups in total. The van der Waals surface area contributed by atoms with Gasteiger partial charge in [0.25, 0.3) is 0 Å². The monoisotopic (exact) mass is 409 g/mol. The molecule has 2 aliphatic rings. The Balaban J connectivity index is 1.63. The fraction of sp³-hybridized carbons (Fsp3) is 0.650. The number of ether oxygens (including phenoxy) is 1. The van der Waals surface area contributed by atoms with Crippen LogP contribution in [0.5, 0.6) is 0 Å². The first-order valence-corrected chi connectivity index (χ1v) is 11.7. The molecule has 1 aromatic rings. The molecule has 0 radical (unpaired) electrons. The quantitative estimate of drug-likeness (QED) is 0.687. The van der Waals surface area contributed by atoms with Crippen LogP contribution in [-0.4, -0.2) is 81.3 Å². The van der Waals surface area contributed by atoms with Gasteiger partial charge < -0.3 is 15.0 Å². The van der Waals surface area contributed by atoms with Gasteiger partial charge in [-0.1, -0.05) is 29.8 Å². The van der Waals surface area contributed by atoms with Gasteiger partial charge in [-0.25, -0.2) is 8.42 Å². The summed E-state index contributed by atoms with van der Waals surface area (Å²) >= 11 is 0. The summed E-state index contributed by atoms with van der Waals surface area (Å²) in [6.45, 7) is 5.71. The third-order valence-electron chi connectivity index (χ3n) is 5.37. The molecule has 2 fully saturated rings. The molecule has 7 nitrogen and oxygen atoms in total. The van der Waals surface area contributed by atoms with Gasteiger partial charge in [-0.15, -0.1) is 0 Å². The van der Waals surface area contributed by atoms with Crippen molar-refractivity contribution in [3.63, 3.8) is 0 Å². The van der Waals surface area contributed by atoms with Gasteiger partial charge in [0.05, 0.1) is 18.3 Å². The van der Waals surface area contributed by atoms with E-state index >= 15 is 0 Å². The van der Waals surface area contributed by atoms with E-state index in [0.29, 0.717) is 39.3 Å². The van der Waals surface area contributed by atoms with Crippen molar-refractivity contribution in [1.29, 1.82) is 0 Å². The van der Waals surface area contributed by atoms with Crippen LogP contribution in [-0.2, 0) is 26.0 Å². The lowest BCUT2D eigenvalue weighted by Crippen LogP contribution is -2.49. The second kappa shape index (κ2) is 9.82. The van der Waals surface area contributed by atoms with Gasteiger partial charge in [0.15, 0.2) is 0 Å². The van der Waals surface area contributed by atoms with E-state index in [9.17, 15) is 13.2 Å². The third kappa shape index (κ3) is 6.01. The first kappa shape index (κ1) is 21.2. The zero-order valence-electron chi connectivity index (χ0n) is 16.6. The second-order valence-electron chi connectivity index (χ2n) is 7.60. The van der Waals surface area contributed by atoms with Crippen LogP contribution in [0.25, 0.3) is 0 Å². The molecular weight excluding hydrogens is 378 g/mol. The third-order valence-corrected chi connectivity index (χ3v) is 7.22. The van der Waals surface area contributed by atoms with Gasteiger partial charge in [-0.2, -0.15) is 4.31 Å². The number of benzene rings is 1. The highest BCUT2D eigenvalue weighted by Crippen LogP contribution is 2.15. The number of nitrogens with one attached hydrogen (secondary N) is 1. The van der Waals surface area contributed by atoms with Crippen molar-refractivity contribution in [2.75, 3.05) is 51.6 Å². The standard InChI is InChI=1S/C20H31N3O4S/c1-17-4-6-18(7-5-17)15-20(24)22(16-19-3-2-13-27-19)12-14-28(25,26)23-10-8-21-9-11-23/h4-7,19,21H,2-3,8-16H2,1H3. The Morgan fingerprint density at radius 3 is 2.61 bits per heavy atom. The molecule has 0 bridgehead atoms. The van der Waals surface area contributed by atoms with Gasteiger partial charge >= 0.3 is 0 Å². The summed E-state index contributed by atoms with van der Waals surface area (Å²) in [5, 5.41) is 3.16. The fourth-order valence-corrected chi connectivity index (χ4v) is 5.07. The summed E-state index contributed by atoms with van der Waals surface area (Å²) in [7, 11) is -3.37. The number of nitrogens with zero attached hydrogens (tertiary/aromatic N) is 2. The fourth-order valence-electron chi connectivity index (χ4n) is 3.62. The molecule has 3 rings (SSSR count). The minimum Gasteiger partial charge on any atom is -0.376 e. The molecule has 1 atom stereocenters. The van der Waals surface area contributed by atoms with E-state index in [1.807, 2.05) is 31.2 Å². The largest absolute Gasteiger partial charge is 0.376 e. The summed E-state index contributed by atoms with van der Waals surface area (Å²) in [6, 6.07) is 7.88. The SMILES string of the molecule is Cc1ccc(CC(=O)N(CCS(=O)(=O)N2CCNCC2)CC2CCCO2)cc1. The maximum absolute atomic E-state index is 12.9. The van der Waals surface area contributed by atoms with E-state index in [2.05, 4.69) is 5.32 Å². The zero-order valence-corrected chi connectivity index (χ0v) is 17.4. The highest BCUT2D eigenvalue weighted by molar-refractivity contribution is 7.89. The number of rotatable bonds is 8. The number of hydrogen-bond donors (Lipinski definition) is 1. The Bertz CT molecular complexity index is 739. The van der Waals surface area contributed by atoms with Crippen molar-refractivity contribution in [2.24, 2.45) is 0 Å². The first-order chi connectivity index (χ1) is 13.4. The van der Waals surface area contributed by atoms with E-state index in [1.54, 1.807) is 4.90 Å². The predicted molar refractivity (Wildman–Crippen MR) is 109 cm³/mol. The van der Waals surface area contributed by atoms with Crippen molar-refractivity contribution in [3.05, 3.63) is 35.4 Å². The van der Waals surface area contributed by atoms with Crippen molar-refractivity contribution >= 4 is 15.9 Å². The van der Waals surface area contributed by atoms with E-state index in [0.717, 1.165) is 24.0 Å². The van der Waals surface area contributed by atoms with Gasteiger partial charge in [0, 0.05) is 45.9 Å². The second-order valence-corrected chi connectivity index (χ2v) is 9.69. The number of amides is 1. The van der Waals surface area contributed by atoms with Crippen LogP contribution < -0.4 is 5.32 Å². The summed E-state index contributed by atoms with van der Waals surface area (Å²) in [5.41, 5.74) is 2.09. The normalized spacial score (nSPS) is 21.0. The minimum atomic E-state index is -3.37. The van der Waals surface area contributed by atoms with E-state index in [4.69, 9.17) is 4.74 Å². The van der Waals surface area contributed by atoms with Crippen LogP contribution in [0, 0.1) is 6.92 Å². The number of hydrogen-bond acceptors (Lipinski definition) is 5. The molecule has 0 saturated carbocycles. The number of sulfonamides is 1. The number of piperazine rings is 1. The number of carbonyl (C=O) groups excluding carboxylic acids is 1. The van der Waals surface area contributed by atoms with Crippen LogP contribution in [0.1, 0.15) is 24.0 Å². The average Bonchev–Trinajstić information content (AvgIpc) is 3.21. The minimum absolute atomic E-state index is 0.00357. The van der Waals surface area contributed by atoms with E-state index in [-0.39, 0.29) is 30.7 Å². The molecule has 0 spiro atoms. The van der Waals surface area contributed by atoms with Crippen molar-refractivity contribution in [2.45, 2.75) is 32.3 Å². The molecule has 2 heterocycles. The maximum atomic E-state index is 12.9. The molecule has 28 heavy (non-hydrogen) atoms. The lowest BCUT2D eigenvalue weighted by atomic mass is 10.1. The topological polar surface area (TPSA) is 79.0 Å². The number of carbonyl (C=O) groups is 1. The first-order valence-electron chi connectivity index (χ1n) is 10.1. The number of aryl methyl sites for hydroxylation is 1. The van der Waals surface area contributed by atoms with Crippen LogP contribution in [0.15, 0.2) is 24.3 Å². The van der Waals surface area contributed by atoms with E-state index in [1.165, 1.54) is 4.31 Å². The summed E-state index contributed by atoms with van der Waals surface area (Å²) < 4.78 is 32.6. The predicted octanol–water partition coefficient (Wildman–Crippen LogP) is 0.780. The molecule has 0 aliphatic carbocycles. The highest BCUT2D eigenvalue weighted by Gasteiger charge is 2.27. The molecule has 0 aromatic heterocycles. The molecule has 1 unspecified atom stereocenters. The van der Waals surface area contributed by atoms with Crippen molar-refractivity contribution < 1.29 is 17.9 Å². The van der Waals surface area contributed by atoms with Gasteiger partial charge in [0.2, 0.25) is 15.9 Å². The molecule has 1 amide bonds. The zero-order chi connectivity index (χ0) is 20.0.